The lowest BCUT2D eigenvalue weighted by Crippen LogP contribution is -2.24. The maximum absolute atomic E-state index is 12.0. The van der Waals surface area contributed by atoms with Crippen LogP contribution < -0.4 is 10.2 Å². The van der Waals surface area contributed by atoms with Gasteiger partial charge in [0.05, 0.1) is 11.1 Å². The third-order valence-corrected chi connectivity index (χ3v) is 4.45. The third-order valence-electron chi connectivity index (χ3n) is 4.45. The van der Waals surface area contributed by atoms with Crippen molar-refractivity contribution < 1.29 is 18.9 Å². The number of para-hydroxylation sites is 1. The van der Waals surface area contributed by atoms with Crippen molar-refractivity contribution in [1.29, 1.82) is 0 Å². The molecule has 0 aliphatic heterocycles. The van der Waals surface area contributed by atoms with Crippen LogP contribution in [0.1, 0.15) is 22.5 Å². The summed E-state index contributed by atoms with van der Waals surface area (Å²) in [5, 5.41) is 14.7. The number of carbonyl (C=O) groups is 1. The molecule has 30 heavy (non-hydrogen) atoms. The van der Waals surface area contributed by atoms with Crippen LogP contribution in [0.5, 0.6) is 5.75 Å². The molecular formula is C22H21N3O5. The number of furan rings is 1. The van der Waals surface area contributed by atoms with Crippen LogP contribution in [-0.2, 0) is 4.79 Å². The molecule has 0 radical (unpaired) electrons. The lowest BCUT2D eigenvalue weighted by atomic mass is 10.1. The number of amides is 1. The molecule has 1 amide bonds. The molecule has 3 rings (SSSR count). The van der Waals surface area contributed by atoms with Crippen LogP contribution >= 0.6 is 0 Å². The molecule has 0 bridgehead atoms. The fraction of sp³-hybridized carbons (Fsp3) is 0.182. The maximum atomic E-state index is 12.0. The van der Waals surface area contributed by atoms with E-state index < -0.39 is 10.8 Å². The Kier molecular flexibility index (Phi) is 6.26. The zero-order valence-electron chi connectivity index (χ0n) is 16.8. The minimum absolute atomic E-state index is 0.0235. The topological polar surface area (TPSA) is 107 Å². The molecule has 0 aliphatic carbocycles. The Morgan fingerprint density at radius 2 is 1.87 bits per heavy atom. The van der Waals surface area contributed by atoms with Crippen LogP contribution in [-0.4, -0.2) is 23.7 Å². The number of aryl methyl sites for hydroxylation is 3. The number of hydrazone groups is 1. The normalized spacial score (nSPS) is 10.9. The predicted molar refractivity (Wildman–Crippen MR) is 113 cm³/mol. The standard InChI is InChI=1S/C22H21N3O5/c1-14-5-4-6-15(2)22(14)29-13-21(26)24-23-12-18-8-10-20(30-18)19-9-7-17(25(27)28)11-16(19)3/h4-12H,13H2,1-3H3,(H,24,26). The van der Waals surface area contributed by atoms with Gasteiger partial charge in [-0.2, -0.15) is 5.10 Å². The van der Waals surface area contributed by atoms with E-state index in [1.165, 1.54) is 18.3 Å². The maximum Gasteiger partial charge on any atom is 0.277 e. The summed E-state index contributed by atoms with van der Waals surface area (Å²) < 4.78 is 11.3. The Morgan fingerprint density at radius 3 is 2.53 bits per heavy atom. The molecule has 0 fully saturated rings. The number of carbonyl (C=O) groups excluding carboxylic acids is 1. The Hall–Kier alpha value is -3.94. The van der Waals surface area contributed by atoms with Gasteiger partial charge in [0.2, 0.25) is 0 Å². The van der Waals surface area contributed by atoms with Crippen LogP contribution in [0.3, 0.4) is 0 Å². The highest BCUT2D eigenvalue weighted by molar-refractivity contribution is 5.82. The van der Waals surface area contributed by atoms with Gasteiger partial charge in [0, 0.05) is 17.7 Å². The molecule has 0 atom stereocenters. The van der Waals surface area contributed by atoms with E-state index in [0.717, 1.165) is 22.3 Å². The largest absolute Gasteiger partial charge is 0.483 e. The van der Waals surface area contributed by atoms with Crippen molar-refractivity contribution in [1.82, 2.24) is 5.43 Å². The van der Waals surface area contributed by atoms with E-state index in [4.69, 9.17) is 9.15 Å². The van der Waals surface area contributed by atoms with E-state index in [-0.39, 0.29) is 12.3 Å². The minimum atomic E-state index is -0.441. The number of hydrogen-bond donors (Lipinski definition) is 1. The fourth-order valence-corrected chi connectivity index (χ4v) is 2.97. The number of ether oxygens (including phenoxy) is 1. The third kappa shape index (κ3) is 4.91. The molecule has 1 aromatic heterocycles. The Balaban J connectivity index is 1.58. The molecule has 0 saturated heterocycles. The van der Waals surface area contributed by atoms with Crippen LogP contribution in [0.2, 0.25) is 0 Å². The number of rotatable bonds is 7. The van der Waals surface area contributed by atoms with Crippen molar-refractivity contribution in [3.63, 3.8) is 0 Å². The van der Waals surface area contributed by atoms with Gasteiger partial charge < -0.3 is 9.15 Å². The van der Waals surface area contributed by atoms with Gasteiger partial charge in [-0.1, -0.05) is 18.2 Å². The van der Waals surface area contributed by atoms with Gasteiger partial charge in [-0.15, -0.1) is 0 Å². The SMILES string of the molecule is Cc1cc([N+](=O)[O-])ccc1-c1ccc(C=NNC(=O)COc2c(C)cccc2C)o1. The van der Waals surface area contributed by atoms with Crippen molar-refractivity contribution in [3.05, 3.63) is 81.1 Å². The number of nitro groups is 1. The Labute approximate surface area is 173 Å². The number of non-ortho nitro benzene ring substituents is 1. The van der Waals surface area contributed by atoms with Crippen molar-refractivity contribution in [2.45, 2.75) is 20.8 Å². The van der Waals surface area contributed by atoms with E-state index >= 15 is 0 Å². The quantitative estimate of drug-likeness (QED) is 0.357. The van der Waals surface area contributed by atoms with E-state index in [2.05, 4.69) is 10.5 Å². The molecule has 0 spiro atoms. The first kappa shape index (κ1) is 20.8. The van der Waals surface area contributed by atoms with Crippen LogP contribution in [0.4, 0.5) is 5.69 Å². The van der Waals surface area contributed by atoms with Gasteiger partial charge in [0.25, 0.3) is 11.6 Å². The highest BCUT2D eigenvalue weighted by Crippen LogP contribution is 2.28. The van der Waals surface area contributed by atoms with Gasteiger partial charge in [0.1, 0.15) is 17.3 Å². The molecule has 8 nitrogen and oxygen atoms in total. The second-order valence-corrected chi connectivity index (χ2v) is 6.76. The molecule has 1 heterocycles. The Bertz CT molecular complexity index is 1100. The molecule has 2 aromatic carbocycles. The summed E-state index contributed by atoms with van der Waals surface area (Å²) in [4.78, 5) is 22.4. The van der Waals surface area contributed by atoms with E-state index in [1.807, 2.05) is 32.0 Å². The molecule has 0 saturated carbocycles. The monoisotopic (exact) mass is 407 g/mol. The zero-order chi connectivity index (χ0) is 21.7. The zero-order valence-corrected chi connectivity index (χ0v) is 16.8. The first-order valence-electron chi connectivity index (χ1n) is 9.21. The molecule has 0 aliphatic rings. The predicted octanol–water partition coefficient (Wildman–Crippen LogP) is 4.31. The van der Waals surface area contributed by atoms with Gasteiger partial charge >= 0.3 is 0 Å². The lowest BCUT2D eigenvalue weighted by molar-refractivity contribution is -0.384. The average Bonchev–Trinajstić information content (AvgIpc) is 3.16. The molecule has 0 unspecified atom stereocenters. The fourth-order valence-electron chi connectivity index (χ4n) is 2.97. The van der Waals surface area contributed by atoms with Crippen LogP contribution in [0.15, 0.2) is 58.0 Å². The van der Waals surface area contributed by atoms with Crippen molar-refractivity contribution in [2.75, 3.05) is 6.61 Å². The second-order valence-electron chi connectivity index (χ2n) is 6.76. The number of nitrogens with one attached hydrogen (secondary N) is 1. The molecule has 8 heteroatoms. The summed E-state index contributed by atoms with van der Waals surface area (Å²) in [5.74, 6) is 1.27. The van der Waals surface area contributed by atoms with Gasteiger partial charge in [-0.05, 0) is 55.7 Å². The Morgan fingerprint density at radius 1 is 1.13 bits per heavy atom. The van der Waals surface area contributed by atoms with Gasteiger partial charge in [-0.3, -0.25) is 14.9 Å². The summed E-state index contributed by atoms with van der Waals surface area (Å²) in [5.41, 5.74) is 5.79. The van der Waals surface area contributed by atoms with Crippen molar-refractivity contribution in [2.24, 2.45) is 5.10 Å². The summed E-state index contributed by atoms with van der Waals surface area (Å²) in [6.45, 7) is 5.45. The summed E-state index contributed by atoms with van der Waals surface area (Å²) in [6, 6.07) is 13.7. The number of nitrogens with zero attached hydrogens (tertiary/aromatic N) is 2. The van der Waals surface area contributed by atoms with Crippen LogP contribution in [0, 0.1) is 30.9 Å². The molecular weight excluding hydrogens is 386 g/mol. The van der Waals surface area contributed by atoms with Gasteiger partial charge in [0.15, 0.2) is 6.61 Å². The van der Waals surface area contributed by atoms with E-state index in [1.54, 1.807) is 25.1 Å². The molecule has 1 N–H and O–H groups in total. The van der Waals surface area contributed by atoms with E-state index in [0.29, 0.717) is 17.3 Å². The van der Waals surface area contributed by atoms with Gasteiger partial charge in [-0.25, -0.2) is 5.43 Å². The summed E-state index contributed by atoms with van der Waals surface area (Å²) >= 11 is 0. The molecule has 3 aromatic rings. The van der Waals surface area contributed by atoms with Crippen LogP contribution in [0.25, 0.3) is 11.3 Å². The van der Waals surface area contributed by atoms with Crippen molar-refractivity contribution >= 4 is 17.8 Å². The first-order valence-corrected chi connectivity index (χ1v) is 9.21. The lowest BCUT2D eigenvalue weighted by Gasteiger charge is -2.10. The number of hydrogen-bond acceptors (Lipinski definition) is 6. The van der Waals surface area contributed by atoms with E-state index in [9.17, 15) is 14.9 Å². The minimum Gasteiger partial charge on any atom is -0.483 e. The smallest absolute Gasteiger partial charge is 0.277 e. The molecule has 154 valence electrons. The summed E-state index contributed by atoms with van der Waals surface area (Å²) in [7, 11) is 0. The number of nitro benzene ring substituents is 1. The second kappa shape index (κ2) is 9.04. The van der Waals surface area contributed by atoms with Crippen molar-refractivity contribution in [3.8, 4) is 17.1 Å². The number of benzene rings is 2. The summed E-state index contributed by atoms with van der Waals surface area (Å²) in [6.07, 6.45) is 1.38. The average molecular weight is 407 g/mol. The first-order chi connectivity index (χ1) is 14.3. The highest BCUT2D eigenvalue weighted by atomic mass is 16.6. The highest BCUT2D eigenvalue weighted by Gasteiger charge is 2.12.